The van der Waals surface area contributed by atoms with Gasteiger partial charge in [0.2, 0.25) is 0 Å². The molecule has 0 aromatic heterocycles. The topological polar surface area (TPSA) is 237 Å². The number of unbranched alkanes of at least 4 members (excludes halogenated alkanes) is 44. The molecule has 0 heterocycles. The summed E-state index contributed by atoms with van der Waals surface area (Å²) >= 11 is 0. The third kappa shape index (κ3) is 69.0. The van der Waals surface area contributed by atoms with Crippen LogP contribution in [-0.2, 0) is 65.4 Å². The summed E-state index contributed by atoms with van der Waals surface area (Å²) in [6, 6.07) is 0. The maximum Gasteiger partial charge on any atom is 0.472 e. The molecule has 0 aromatic carbocycles. The normalized spacial score (nSPS) is 14.3. The molecule has 6 atom stereocenters. The molecule has 0 saturated carbocycles. The maximum absolute atomic E-state index is 13.1. The number of carbonyl (C=O) groups is 4. The Balaban J connectivity index is 5.21. The Hall–Kier alpha value is -1.94. The molecule has 0 aliphatic rings. The second-order valence-corrected chi connectivity index (χ2v) is 31.0. The first-order chi connectivity index (χ1) is 45.9. The second-order valence-electron chi connectivity index (χ2n) is 28.1. The zero-order valence-corrected chi connectivity index (χ0v) is 63.8. The van der Waals surface area contributed by atoms with Crippen LogP contribution in [0.3, 0.4) is 0 Å². The fourth-order valence-electron chi connectivity index (χ4n) is 11.6. The van der Waals surface area contributed by atoms with Crippen LogP contribution in [0.2, 0.25) is 0 Å². The van der Waals surface area contributed by atoms with E-state index in [0.29, 0.717) is 25.7 Å². The molecule has 17 nitrogen and oxygen atoms in total. The molecule has 3 N–H and O–H groups in total. The Labute approximate surface area is 581 Å². The van der Waals surface area contributed by atoms with Gasteiger partial charge in [0.25, 0.3) is 0 Å². The summed E-state index contributed by atoms with van der Waals surface area (Å²) in [5, 5.41) is 10.6. The molecule has 19 heteroatoms. The molecule has 0 radical (unpaired) electrons. The first kappa shape index (κ1) is 93.1. The maximum atomic E-state index is 13.1. The van der Waals surface area contributed by atoms with Crippen LogP contribution in [0.5, 0.6) is 0 Å². The number of hydrogen-bond acceptors (Lipinski definition) is 15. The van der Waals surface area contributed by atoms with Gasteiger partial charge in [0.05, 0.1) is 26.4 Å². The molecule has 0 rings (SSSR count). The van der Waals surface area contributed by atoms with Crippen LogP contribution >= 0.6 is 15.6 Å². The van der Waals surface area contributed by atoms with Crippen molar-refractivity contribution in [3.63, 3.8) is 0 Å². The van der Waals surface area contributed by atoms with Crippen molar-refractivity contribution >= 4 is 39.5 Å². The minimum atomic E-state index is -4.96. The molecular weight excluding hydrogens is 1250 g/mol. The Morgan fingerprint density at radius 2 is 0.537 bits per heavy atom. The highest BCUT2D eigenvalue weighted by molar-refractivity contribution is 7.47. The lowest BCUT2D eigenvalue weighted by Gasteiger charge is -2.21. The van der Waals surface area contributed by atoms with E-state index in [4.69, 9.17) is 37.0 Å². The predicted octanol–water partition coefficient (Wildman–Crippen LogP) is 22.3. The molecule has 0 amide bonds. The van der Waals surface area contributed by atoms with Gasteiger partial charge in [-0.05, 0) is 37.5 Å². The zero-order valence-electron chi connectivity index (χ0n) is 62.0. The van der Waals surface area contributed by atoms with Gasteiger partial charge in [-0.2, -0.15) is 0 Å². The van der Waals surface area contributed by atoms with E-state index in [2.05, 4.69) is 41.5 Å². The van der Waals surface area contributed by atoms with Crippen molar-refractivity contribution in [1.29, 1.82) is 0 Å². The lowest BCUT2D eigenvalue weighted by molar-refractivity contribution is -0.161. The van der Waals surface area contributed by atoms with Gasteiger partial charge >= 0.3 is 39.5 Å². The minimum Gasteiger partial charge on any atom is -0.462 e. The number of hydrogen-bond donors (Lipinski definition) is 3. The molecule has 0 saturated heterocycles. The van der Waals surface area contributed by atoms with Crippen LogP contribution in [0, 0.1) is 11.8 Å². The number of aliphatic hydroxyl groups is 1. The summed E-state index contributed by atoms with van der Waals surface area (Å²) < 4.78 is 68.5. The van der Waals surface area contributed by atoms with E-state index < -0.39 is 97.5 Å². The van der Waals surface area contributed by atoms with Crippen molar-refractivity contribution in [2.24, 2.45) is 11.8 Å². The van der Waals surface area contributed by atoms with Crippen molar-refractivity contribution in [3.05, 3.63) is 0 Å². The highest BCUT2D eigenvalue weighted by Gasteiger charge is 2.30. The Morgan fingerprint density at radius 3 is 0.800 bits per heavy atom. The number of carbonyl (C=O) groups excluding carboxylic acids is 4. The van der Waals surface area contributed by atoms with Crippen LogP contribution in [0.15, 0.2) is 0 Å². The number of aliphatic hydroxyl groups excluding tert-OH is 1. The van der Waals surface area contributed by atoms with Crippen LogP contribution in [0.25, 0.3) is 0 Å². The van der Waals surface area contributed by atoms with E-state index in [1.165, 1.54) is 212 Å². The molecule has 0 aliphatic carbocycles. The smallest absolute Gasteiger partial charge is 0.462 e. The van der Waals surface area contributed by atoms with Crippen molar-refractivity contribution in [2.45, 2.75) is 413 Å². The van der Waals surface area contributed by atoms with Crippen LogP contribution in [-0.4, -0.2) is 96.7 Å². The van der Waals surface area contributed by atoms with Gasteiger partial charge < -0.3 is 33.8 Å². The van der Waals surface area contributed by atoms with Gasteiger partial charge in [0.1, 0.15) is 19.3 Å². The lowest BCUT2D eigenvalue weighted by Crippen LogP contribution is -2.30. The summed E-state index contributed by atoms with van der Waals surface area (Å²) in [7, 11) is -9.91. The molecule has 0 bridgehead atoms. The molecule has 0 fully saturated rings. The Kier molecular flexibility index (Phi) is 66.5. The van der Waals surface area contributed by atoms with Gasteiger partial charge in [-0.3, -0.25) is 37.3 Å². The van der Waals surface area contributed by atoms with Crippen LogP contribution in [0.1, 0.15) is 395 Å². The summed E-state index contributed by atoms with van der Waals surface area (Å²) in [5.74, 6) is -0.572. The molecule has 0 aromatic rings. The van der Waals surface area contributed by atoms with Crippen molar-refractivity contribution in [1.82, 2.24) is 0 Å². The lowest BCUT2D eigenvalue weighted by atomic mass is 9.99. The van der Waals surface area contributed by atoms with Gasteiger partial charge in [-0.15, -0.1) is 0 Å². The standard InChI is InChI=1S/C76H148O17P2/c1-7-10-12-14-16-18-19-20-21-22-23-24-25-26-27-28-36-42-48-54-60-75(80)92-72(65-87-74(79)59-53-47-41-35-30-29-34-39-45-51-57-69(6)9-3)67-91-95(84,85)89-63-70(77)62-88-94(82,83)90-66-71(64-86-73(78)58-52-46-40-32-17-15-13-11-8-2)93-76(81)61-55-49-43-37-31-33-38-44-50-56-68(4)5/h68-72,77H,7-67H2,1-6H3,(H,82,83)(H,84,85)/t69?,70-,71+,72+/m0/s1. The first-order valence-corrected chi connectivity index (χ1v) is 42.5. The number of rotatable bonds is 75. The van der Waals surface area contributed by atoms with E-state index in [1.807, 2.05) is 0 Å². The van der Waals surface area contributed by atoms with Crippen molar-refractivity contribution in [3.8, 4) is 0 Å². The zero-order chi connectivity index (χ0) is 70.0. The van der Waals surface area contributed by atoms with Crippen molar-refractivity contribution < 1.29 is 80.2 Å². The Bertz CT molecular complexity index is 1840. The predicted molar refractivity (Wildman–Crippen MR) is 386 cm³/mol. The summed E-state index contributed by atoms with van der Waals surface area (Å²) in [4.78, 5) is 72.7. The second kappa shape index (κ2) is 67.9. The highest BCUT2D eigenvalue weighted by atomic mass is 31.2. The average Bonchev–Trinajstić information content (AvgIpc) is 1.59. The fraction of sp³-hybridized carbons (Fsp3) is 0.947. The number of esters is 4. The van der Waals surface area contributed by atoms with Crippen LogP contribution < -0.4 is 0 Å². The van der Waals surface area contributed by atoms with Gasteiger partial charge in [0.15, 0.2) is 12.2 Å². The van der Waals surface area contributed by atoms with Gasteiger partial charge in [-0.1, -0.05) is 343 Å². The van der Waals surface area contributed by atoms with E-state index >= 15 is 0 Å². The third-order valence-corrected chi connectivity index (χ3v) is 20.0. The largest absolute Gasteiger partial charge is 0.472 e. The van der Waals surface area contributed by atoms with E-state index in [0.717, 1.165) is 102 Å². The number of phosphoric ester groups is 2. The first-order valence-electron chi connectivity index (χ1n) is 39.5. The van der Waals surface area contributed by atoms with Crippen LogP contribution in [0.4, 0.5) is 0 Å². The SMILES string of the molecule is CCCCCCCCCCCCCCCCCCCCCCC(=O)O[C@H](COC(=O)CCCCCCCCCCCCC(C)CC)COP(=O)(O)OC[C@@H](O)COP(=O)(O)OC[C@@H](COC(=O)CCCCCCCCCCC)OC(=O)CCCCCCCCCCCC(C)C. The van der Waals surface area contributed by atoms with Crippen molar-refractivity contribution in [2.75, 3.05) is 39.6 Å². The number of ether oxygens (including phenoxy) is 4. The molecule has 0 aliphatic heterocycles. The van der Waals surface area contributed by atoms with E-state index in [-0.39, 0.29) is 25.7 Å². The number of phosphoric acid groups is 2. The van der Waals surface area contributed by atoms with Gasteiger partial charge in [0, 0.05) is 25.7 Å². The quantitative estimate of drug-likeness (QED) is 0.0222. The minimum absolute atomic E-state index is 0.105. The monoisotopic (exact) mass is 1400 g/mol. The molecule has 564 valence electrons. The molecule has 3 unspecified atom stereocenters. The summed E-state index contributed by atoms with van der Waals surface area (Å²) in [5.41, 5.74) is 0. The summed E-state index contributed by atoms with van der Waals surface area (Å²) in [6.45, 7) is 9.58. The average molecular weight is 1400 g/mol. The Morgan fingerprint density at radius 1 is 0.305 bits per heavy atom. The van der Waals surface area contributed by atoms with Gasteiger partial charge in [-0.25, -0.2) is 9.13 Å². The fourth-order valence-corrected chi connectivity index (χ4v) is 13.2. The summed E-state index contributed by atoms with van der Waals surface area (Å²) in [6.07, 6.45) is 55.5. The molecular formula is C76H148O17P2. The third-order valence-electron chi connectivity index (χ3n) is 18.1. The van der Waals surface area contributed by atoms with E-state index in [9.17, 15) is 43.2 Å². The highest BCUT2D eigenvalue weighted by Crippen LogP contribution is 2.45. The molecule has 95 heavy (non-hydrogen) atoms. The van der Waals surface area contributed by atoms with E-state index in [1.54, 1.807) is 0 Å². The molecule has 0 spiro atoms.